The van der Waals surface area contributed by atoms with Crippen molar-refractivity contribution in [2.24, 2.45) is 0 Å². The van der Waals surface area contributed by atoms with Crippen LogP contribution in [0.15, 0.2) is 47.5 Å². The van der Waals surface area contributed by atoms with E-state index in [-0.39, 0.29) is 34.6 Å². The van der Waals surface area contributed by atoms with Crippen molar-refractivity contribution < 1.29 is 27.2 Å². The quantitative estimate of drug-likeness (QED) is 0.251. The number of carbonyl (C=O) groups is 2. The predicted molar refractivity (Wildman–Crippen MR) is 143 cm³/mol. The predicted octanol–water partition coefficient (Wildman–Crippen LogP) is 6.61. The Morgan fingerprint density at radius 2 is 1.95 bits per heavy atom. The van der Waals surface area contributed by atoms with Crippen molar-refractivity contribution in [2.45, 2.75) is 51.2 Å². The average molecular weight is 581 g/mol. The fourth-order valence-corrected chi connectivity index (χ4v) is 6.08. The minimum atomic E-state index is -4.56. The standard InChI is InChI=1S/C27H25ClF4N4O2S/c1-15(2)34-8-7-23(21(29)14-34)36-25(37)24(39-26(36)38)10-16-3-6-22-18(9-16)12-33-35(22)13-17-4-5-19(28)11-20(17)27(30,31)32/h3-6,9-12,15,21,23H,7-8,13-14H2,1-2H3/b24-10-/t21-,23-/m0/s1. The summed E-state index contributed by atoms with van der Waals surface area (Å²) in [6.45, 7) is 4.62. The molecule has 2 amide bonds. The normalized spacial score (nSPS) is 22.2. The molecule has 6 nitrogen and oxygen atoms in total. The lowest BCUT2D eigenvalue weighted by Crippen LogP contribution is -2.55. The zero-order valence-electron chi connectivity index (χ0n) is 21.1. The second-order valence-electron chi connectivity index (χ2n) is 9.93. The van der Waals surface area contributed by atoms with Gasteiger partial charge in [0.1, 0.15) is 6.17 Å². The summed E-state index contributed by atoms with van der Waals surface area (Å²) in [5.41, 5.74) is 0.415. The Morgan fingerprint density at radius 3 is 2.64 bits per heavy atom. The molecule has 0 aliphatic carbocycles. The fourth-order valence-electron chi connectivity index (χ4n) is 5.03. The molecular formula is C27H25ClF4N4O2S. The first-order valence-electron chi connectivity index (χ1n) is 12.4. The smallest absolute Gasteiger partial charge is 0.298 e. The molecule has 39 heavy (non-hydrogen) atoms. The Morgan fingerprint density at radius 1 is 1.18 bits per heavy atom. The number of alkyl halides is 4. The van der Waals surface area contributed by atoms with Crippen LogP contribution in [0.25, 0.3) is 17.0 Å². The molecule has 1 aromatic heterocycles. The Labute approximate surface area is 231 Å². The minimum absolute atomic E-state index is 0.00601. The van der Waals surface area contributed by atoms with E-state index in [1.54, 1.807) is 24.3 Å². The van der Waals surface area contributed by atoms with E-state index in [9.17, 15) is 27.2 Å². The molecule has 2 fully saturated rings. The molecule has 2 atom stereocenters. The van der Waals surface area contributed by atoms with Crippen LogP contribution in [0.1, 0.15) is 37.0 Å². The van der Waals surface area contributed by atoms with Gasteiger partial charge in [0.15, 0.2) is 0 Å². The summed E-state index contributed by atoms with van der Waals surface area (Å²) >= 11 is 6.56. The zero-order chi connectivity index (χ0) is 28.1. The summed E-state index contributed by atoms with van der Waals surface area (Å²) in [7, 11) is 0. The van der Waals surface area contributed by atoms with Crippen molar-refractivity contribution in [3.63, 3.8) is 0 Å². The van der Waals surface area contributed by atoms with E-state index < -0.39 is 35.1 Å². The molecule has 2 aromatic carbocycles. The van der Waals surface area contributed by atoms with Crippen molar-refractivity contribution in [2.75, 3.05) is 13.1 Å². The maximum atomic E-state index is 15.0. The Balaban J connectivity index is 1.36. The van der Waals surface area contributed by atoms with Gasteiger partial charge >= 0.3 is 6.18 Å². The first-order chi connectivity index (χ1) is 18.4. The molecule has 0 spiro atoms. The van der Waals surface area contributed by atoms with Crippen LogP contribution in [0.5, 0.6) is 0 Å². The van der Waals surface area contributed by atoms with Crippen LogP contribution >= 0.6 is 23.4 Å². The number of fused-ring (bicyclic) bond motifs is 1. The minimum Gasteiger partial charge on any atom is -0.298 e. The van der Waals surface area contributed by atoms with E-state index >= 15 is 0 Å². The summed E-state index contributed by atoms with van der Waals surface area (Å²) in [4.78, 5) is 29.0. The van der Waals surface area contributed by atoms with Crippen LogP contribution in [0.4, 0.5) is 22.4 Å². The topological polar surface area (TPSA) is 58.4 Å². The van der Waals surface area contributed by atoms with Crippen molar-refractivity contribution in [3.8, 4) is 0 Å². The number of amides is 2. The van der Waals surface area contributed by atoms with E-state index in [0.29, 0.717) is 29.4 Å². The van der Waals surface area contributed by atoms with Crippen LogP contribution in [0.3, 0.4) is 0 Å². The number of hydrogen-bond acceptors (Lipinski definition) is 5. The number of nitrogens with zero attached hydrogens (tertiary/aromatic N) is 4. The maximum Gasteiger partial charge on any atom is 0.416 e. The largest absolute Gasteiger partial charge is 0.416 e. The molecule has 2 aliphatic heterocycles. The SMILES string of the molecule is CC(C)N1CC[C@H](N2C(=O)S/C(=C\c3ccc4c(cnn4Cc4ccc(Cl)cc4C(F)(F)F)c3)C2=O)[C@@H](F)C1. The number of piperidine rings is 1. The third kappa shape index (κ3) is 5.57. The molecule has 0 N–H and O–H groups in total. The van der Waals surface area contributed by atoms with Gasteiger partial charge in [-0.25, -0.2) is 4.39 Å². The number of likely N-dealkylation sites (tertiary alicyclic amines) is 1. The number of aromatic nitrogens is 2. The number of thioether (sulfide) groups is 1. The van der Waals surface area contributed by atoms with Crippen LogP contribution in [-0.4, -0.2) is 62.1 Å². The van der Waals surface area contributed by atoms with Crippen LogP contribution < -0.4 is 0 Å². The number of rotatable bonds is 5. The van der Waals surface area contributed by atoms with Crippen molar-refractivity contribution in [1.82, 2.24) is 19.6 Å². The summed E-state index contributed by atoms with van der Waals surface area (Å²) in [6, 6.07) is 8.13. The van der Waals surface area contributed by atoms with Gasteiger partial charge in [-0.1, -0.05) is 23.7 Å². The molecule has 0 bridgehead atoms. The first-order valence-corrected chi connectivity index (χ1v) is 13.6. The van der Waals surface area contributed by atoms with Crippen molar-refractivity contribution in [3.05, 3.63) is 69.2 Å². The van der Waals surface area contributed by atoms with Gasteiger partial charge in [-0.15, -0.1) is 0 Å². The van der Waals surface area contributed by atoms with Crippen LogP contribution in [0, 0.1) is 0 Å². The van der Waals surface area contributed by atoms with Gasteiger partial charge in [0.05, 0.1) is 34.8 Å². The van der Waals surface area contributed by atoms with Crippen molar-refractivity contribution >= 4 is 51.5 Å². The van der Waals surface area contributed by atoms with E-state index in [1.165, 1.54) is 23.0 Å². The van der Waals surface area contributed by atoms with E-state index in [1.807, 2.05) is 18.7 Å². The number of benzene rings is 2. The summed E-state index contributed by atoms with van der Waals surface area (Å²) in [5, 5.41) is 4.40. The summed E-state index contributed by atoms with van der Waals surface area (Å²) in [6.07, 6.45) is -2.42. The Bertz CT molecular complexity index is 1470. The molecule has 0 unspecified atom stereocenters. The zero-order valence-corrected chi connectivity index (χ0v) is 22.7. The van der Waals surface area contributed by atoms with E-state index in [0.717, 1.165) is 22.7 Å². The molecule has 2 aliphatic rings. The Kier molecular flexibility index (Phi) is 7.51. The summed E-state index contributed by atoms with van der Waals surface area (Å²) < 4.78 is 57.0. The fraction of sp³-hybridized carbons (Fsp3) is 0.370. The van der Waals surface area contributed by atoms with E-state index in [2.05, 4.69) is 5.10 Å². The Hall–Kier alpha value is -2.89. The highest BCUT2D eigenvalue weighted by Crippen LogP contribution is 2.37. The third-order valence-corrected chi connectivity index (χ3v) is 8.20. The summed E-state index contributed by atoms with van der Waals surface area (Å²) in [5.74, 6) is -0.520. The highest BCUT2D eigenvalue weighted by atomic mass is 35.5. The monoisotopic (exact) mass is 580 g/mol. The molecule has 5 rings (SSSR count). The molecule has 206 valence electrons. The molecule has 2 saturated heterocycles. The first kappa shape index (κ1) is 27.7. The molecule has 3 aromatic rings. The molecule has 12 heteroatoms. The van der Waals surface area contributed by atoms with Gasteiger partial charge < -0.3 is 0 Å². The maximum absolute atomic E-state index is 15.0. The number of hydrogen-bond donors (Lipinski definition) is 0. The van der Waals surface area contributed by atoms with Gasteiger partial charge in [0.2, 0.25) is 0 Å². The van der Waals surface area contributed by atoms with Gasteiger partial charge in [-0.05, 0) is 73.5 Å². The number of imide groups is 1. The lowest BCUT2D eigenvalue weighted by atomic mass is 10.00. The van der Waals surface area contributed by atoms with Gasteiger partial charge in [0.25, 0.3) is 11.1 Å². The van der Waals surface area contributed by atoms with E-state index in [4.69, 9.17) is 11.6 Å². The highest BCUT2D eigenvalue weighted by molar-refractivity contribution is 8.18. The average Bonchev–Trinajstić information content (AvgIpc) is 3.38. The van der Waals surface area contributed by atoms with Gasteiger partial charge in [0, 0.05) is 29.5 Å². The number of carbonyl (C=O) groups excluding carboxylic acids is 2. The van der Waals surface area contributed by atoms with Crippen LogP contribution in [0.2, 0.25) is 5.02 Å². The molecule has 3 heterocycles. The number of halogens is 5. The third-order valence-electron chi connectivity index (χ3n) is 7.09. The molecule has 0 radical (unpaired) electrons. The molecular weight excluding hydrogens is 556 g/mol. The van der Waals surface area contributed by atoms with Gasteiger partial charge in [-0.3, -0.25) is 24.1 Å². The second-order valence-corrected chi connectivity index (χ2v) is 11.4. The lowest BCUT2D eigenvalue weighted by molar-refractivity contribution is -0.138. The molecule has 0 saturated carbocycles. The second kappa shape index (κ2) is 10.6. The van der Waals surface area contributed by atoms with Gasteiger partial charge in [-0.2, -0.15) is 18.3 Å². The van der Waals surface area contributed by atoms with Crippen molar-refractivity contribution in [1.29, 1.82) is 0 Å². The highest BCUT2D eigenvalue weighted by Gasteiger charge is 2.45. The van der Waals surface area contributed by atoms with Crippen LogP contribution in [-0.2, 0) is 17.5 Å². The lowest BCUT2D eigenvalue weighted by Gasteiger charge is -2.39.